The molecule has 0 aromatic heterocycles. The Labute approximate surface area is 224 Å². The van der Waals surface area contributed by atoms with Gasteiger partial charge in [-0.1, -0.05) is 112 Å². The van der Waals surface area contributed by atoms with E-state index in [0.29, 0.717) is 22.3 Å². The third-order valence-corrected chi connectivity index (χ3v) is 6.12. The van der Waals surface area contributed by atoms with Crippen molar-refractivity contribution in [2.24, 2.45) is 0 Å². The quantitative estimate of drug-likeness (QED) is 0.124. The van der Waals surface area contributed by atoms with E-state index in [9.17, 15) is 9.59 Å². The van der Waals surface area contributed by atoms with Crippen LogP contribution >= 0.6 is 0 Å². The summed E-state index contributed by atoms with van der Waals surface area (Å²) in [6, 6.07) is 33.2. The van der Waals surface area contributed by atoms with Crippen molar-refractivity contribution in [3.8, 4) is 0 Å². The molecule has 0 radical (unpaired) electrons. The molecule has 38 heavy (non-hydrogen) atoms. The van der Waals surface area contributed by atoms with Crippen LogP contribution in [0.2, 0.25) is 0 Å². The lowest BCUT2D eigenvalue weighted by Crippen LogP contribution is -2.11. The highest BCUT2D eigenvalue weighted by molar-refractivity contribution is 6.00. The van der Waals surface area contributed by atoms with E-state index in [1.54, 1.807) is 24.3 Å². The maximum Gasteiger partial charge on any atom is 0.343 e. The molecule has 0 saturated heterocycles. The minimum atomic E-state index is -0.527. The van der Waals surface area contributed by atoms with E-state index in [4.69, 9.17) is 9.47 Å². The van der Waals surface area contributed by atoms with E-state index in [0.717, 1.165) is 36.8 Å². The maximum atomic E-state index is 13.3. The average molecular weight is 505 g/mol. The lowest BCUT2D eigenvalue weighted by Gasteiger charge is -2.16. The van der Waals surface area contributed by atoms with Crippen LogP contribution in [0, 0.1) is 0 Å². The summed E-state index contributed by atoms with van der Waals surface area (Å²) in [7, 11) is 0. The van der Waals surface area contributed by atoms with Crippen LogP contribution in [0.3, 0.4) is 0 Å². The van der Waals surface area contributed by atoms with Gasteiger partial charge in [-0.05, 0) is 48.2 Å². The Kier molecular flexibility index (Phi) is 9.25. The third kappa shape index (κ3) is 6.86. The Bertz CT molecular complexity index is 1260. The lowest BCUT2D eigenvalue weighted by atomic mass is 10.1. The smallest absolute Gasteiger partial charge is 0.343 e. The SMILES string of the molecule is CCCc1ccc(C(=O)O/C(=C(\OC(=O)c2ccc(CCC)cc2)c2ccccc2)c2ccccc2)cc1. The molecule has 0 aliphatic carbocycles. The van der Waals surface area contributed by atoms with Crippen molar-refractivity contribution in [3.05, 3.63) is 143 Å². The van der Waals surface area contributed by atoms with E-state index >= 15 is 0 Å². The molecule has 0 aliphatic heterocycles. The summed E-state index contributed by atoms with van der Waals surface area (Å²) in [5.74, 6) is -0.702. The van der Waals surface area contributed by atoms with Crippen LogP contribution < -0.4 is 0 Å². The predicted molar refractivity (Wildman–Crippen MR) is 151 cm³/mol. The first-order valence-electron chi connectivity index (χ1n) is 13.1. The molecule has 0 aliphatic rings. The molecular formula is C34H32O4. The number of benzene rings is 4. The molecule has 4 nitrogen and oxygen atoms in total. The molecule has 0 atom stereocenters. The second-order valence-electron chi connectivity index (χ2n) is 9.06. The molecule has 0 unspecified atom stereocenters. The molecule has 192 valence electrons. The summed E-state index contributed by atoms with van der Waals surface area (Å²) in [5.41, 5.74) is 4.40. The first-order valence-corrected chi connectivity index (χ1v) is 13.1. The third-order valence-electron chi connectivity index (χ3n) is 6.12. The summed E-state index contributed by atoms with van der Waals surface area (Å²) in [4.78, 5) is 26.6. The van der Waals surface area contributed by atoms with Gasteiger partial charge in [0.25, 0.3) is 0 Å². The van der Waals surface area contributed by atoms with Crippen molar-refractivity contribution < 1.29 is 19.1 Å². The summed E-state index contributed by atoms with van der Waals surface area (Å²) in [6.07, 6.45) is 3.94. The Morgan fingerprint density at radius 3 is 1.13 bits per heavy atom. The van der Waals surface area contributed by atoms with E-state index in [-0.39, 0.29) is 11.5 Å². The number of esters is 2. The standard InChI is InChI=1S/C34H32O4/c1-3-11-25-17-21-29(22-18-25)33(35)37-31(27-13-7-5-8-14-27)32(28-15-9-6-10-16-28)38-34(36)30-23-19-26(12-4-2)20-24-30/h5-10,13-24H,3-4,11-12H2,1-2H3/b32-31-. The molecule has 0 heterocycles. The molecule has 0 saturated carbocycles. The van der Waals surface area contributed by atoms with Gasteiger partial charge in [0.05, 0.1) is 11.1 Å². The number of hydrogen-bond acceptors (Lipinski definition) is 4. The molecule has 0 fully saturated rings. The van der Waals surface area contributed by atoms with Gasteiger partial charge in [-0.15, -0.1) is 0 Å². The number of rotatable bonds is 10. The second kappa shape index (κ2) is 13.2. The van der Waals surface area contributed by atoms with Gasteiger partial charge in [-0.3, -0.25) is 0 Å². The highest BCUT2D eigenvalue weighted by Crippen LogP contribution is 2.30. The van der Waals surface area contributed by atoms with Gasteiger partial charge < -0.3 is 9.47 Å². The monoisotopic (exact) mass is 504 g/mol. The number of carbonyl (C=O) groups excluding carboxylic acids is 2. The van der Waals surface area contributed by atoms with Crippen molar-refractivity contribution in [1.82, 2.24) is 0 Å². The van der Waals surface area contributed by atoms with E-state index in [1.807, 2.05) is 84.9 Å². The van der Waals surface area contributed by atoms with Crippen LogP contribution in [0.4, 0.5) is 0 Å². The number of aryl methyl sites for hydroxylation is 2. The van der Waals surface area contributed by atoms with E-state index in [2.05, 4.69) is 13.8 Å². The largest absolute Gasteiger partial charge is 0.418 e. The Morgan fingerprint density at radius 2 is 0.816 bits per heavy atom. The summed E-state index contributed by atoms with van der Waals surface area (Å²) in [5, 5.41) is 0. The fourth-order valence-electron chi connectivity index (χ4n) is 4.15. The Morgan fingerprint density at radius 1 is 0.474 bits per heavy atom. The van der Waals surface area contributed by atoms with Crippen molar-refractivity contribution >= 4 is 23.5 Å². The van der Waals surface area contributed by atoms with E-state index in [1.165, 1.54) is 0 Å². The zero-order valence-corrected chi connectivity index (χ0v) is 21.9. The normalized spacial score (nSPS) is 11.4. The van der Waals surface area contributed by atoms with Crippen molar-refractivity contribution in [2.45, 2.75) is 39.5 Å². The molecule has 0 N–H and O–H groups in total. The van der Waals surface area contributed by atoms with Gasteiger partial charge >= 0.3 is 11.9 Å². The highest BCUT2D eigenvalue weighted by Gasteiger charge is 2.22. The number of carbonyl (C=O) groups is 2. The van der Waals surface area contributed by atoms with E-state index < -0.39 is 11.9 Å². The lowest BCUT2D eigenvalue weighted by molar-refractivity contribution is 0.0646. The van der Waals surface area contributed by atoms with Gasteiger partial charge in [0.2, 0.25) is 0 Å². The van der Waals surface area contributed by atoms with Crippen LogP contribution in [0.5, 0.6) is 0 Å². The average Bonchev–Trinajstić information content (AvgIpc) is 2.97. The molecule has 4 rings (SSSR count). The van der Waals surface area contributed by atoms with Crippen LogP contribution in [0.15, 0.2) is 109 Å². The Hall–Kier alpha value is -4.44. The number of hydrogen-bond donors (Lipinski definition) is 0. The Balaban J connectivity index is 1.74. The first-order chi connectivity index (χ1) is 18.6. The fraction of sp³-hybridized carbons (Fsp3) is 0.176. The molecule has 0 spiro atoms. The van der Waals surface area contributed by atoms with Gasteiger partial charge in [0, 0.05) is 11.1 Å². The first kappa shape index (κ1) is 26.6. The molecule has 0 bridgehead atoms. The molecule has 4 aromatic carbocycles. The van der Waals surface area contributed by atoms with Gasteiger partial charge in [-0.2, -0.15) is 0 Å². The molecule has 0 amide bonds. The molecular weight excluding hydrogens is 472 g/mol. The predicted octanol–water partition coefficient (Wildman–Crippen LogP) is 8.13. The zero-order valence-electron chi connectivity index (χ0n) is 21.9. The number of ether oxygens (including phenoxy) is 2. The summed E-state index contributed by atoms with van der Waals surface area (Å²) < 4.78 is 12.0. The minimum absolute atomic E-state index is 0.176. The topological polar surface area (TPSA) is 52.6 Å². The zero-order chi connectivity index (χ0) is 26.7. The van der Waals surface area contributed by atoms with Crippen LogP contribution in [0.25, 0.3) is 11.5 Å². The fourth-order valence-corrected chi connectivity index (χ4v) is 4.15. The van der Waals surface area contributed by atoms with Crippen molar-refractivity contribution in [2.75, 3.05) is 0 Å². The maximum absolute atomic E-state index is 13.3. The second-order valence-corrected chi connectivity index (χ2v) is 9.06. The highest BCUT2D eigenvalue weighted by atomic mass is 16.6. The van der Waals surface area contributed by atoms with Crippen LogP contribution in [-0.2, 0) is 22.3 Å². The molecule has 4 aromatic rings. The summed E-state index contributed by atoms with van der Waals surface area (Å²) in [6.45, 7) is 4.23. The van der Waals surface area contributed by atoms with Gasteiger partial charge in [0.15, 0.2) is 11.5 Å². The van der Waals surface area contributed by atoms with Gasteiger partial charge in [0.1, 0.15) is 0 Å². The summed E-state index contributed by atoms with van der Waals surface area (Å²) >= 11 is 0. The molecule has 4 heteroatoms. The van der Waals surface area contributed by atoms with Crippen LogP contribution in [-0.4, -0.2) is 11.9 Å². The van der Waals surface area contributed by atoms with Crippen molar-refractivity contribution in [1.29, 1.82) is 0 Å². The van der Waals surface area contributed by atoms with Crippen molar-refractivity contribution in [3.63, 3.8) is 0 Å². The van der Waals surface area contributed by atoms with Crippen LogP contribution in [0.1, 0.15) is 69.7 Å². The minimum Gasteiger partial charge on any atom is -0.418 e. The van der Waals surface area contributed by atoms with Gasteiger partial charge in [-0.25, -0.2) is 9.59 Å².